The zero-order chi connectivity index (χ0) is 19.0. The molecule has 8 nitrogen and oxygen atoms in total. The lowest BCUT2D eigenvalue weighted by Crippen LogP contribution is -2.49. The molecule has 0 spiro atoms. The number of amides is 1. The second-order valence-corrected chi connectivity index (χ2v) is 7.72. The SMILES string of the molecule is Cc1nn(CC(=O)N2CCC(N3CCCCC3)CC2)c(=O)c2noc(C)c12. The molecule has 0 N–H and O–H groups in total. The van der Waals surface area contributed by atoms with Crippen molar-refractivity contribution in [3.63, 3.8) is 0 Å². The third kappa shape index (κ3) is 3.50. The van der Waals surface area contributed by atoms with Crippen molar-refractivity contribution in [1.29, 1.82) is 0 Å². The van der Waals surface area contributed by atoms with Crippen LogP contribution in [0.2, 0.25) is 0 Å². The molecule has 8 heteroatoms. The van der Waals surface area contributed by atoms with Crippen LogP contribution in [-0.2, 0) is 11.3 Å². The van der Waals surface area contributed by atoms with E-state index in [1.807, 2.05) is 4.90 Å². The fraction of sp³-hybridized carbons (Fsp3) is 0.684. The van der Waals surface area contributed by atoms with Crippen molar-refractivity contribution in [2.24, 2.45) is 0 Å². The number of piperidine rings is 2. The largest absolute Gasteiger partial charge is 0.360 e. The van der Waals surface area contributed by atoms with Gasteiger partial charge in [0.05, 0.1) is 11.1 Å². The van der Waals surface area contributed by atoms with E-state index < -0.39 is 0 Å². The van der Waals surface area contributed by atoms with E-state index in [4.69, 9.17) is 4.52 Å². The monoisotopic (exact) mass is 373 g/mol. The quantitative estimate of drug-likeness (QED) is 0.810. The van der Waals surface area contributed by atoms with Gasteiger partial charge in [-0.3, -0.25) is 9.59 Å². The summed E-state index contributed by atoms with van der Waals surface area (Å²) < 4.78 is 6.34. The number of hydrogen-bond donors (Lipinski definition) is 0. The minimum Gasteiger partial charge on any atom is -0.360 e. The highest BCUT2D eigenvalue weighted by molar-refractivity contribution is 5.82. The maximum absolute atomic E-state index is 12.7. The topological polar surface area (TPSA) is 84.5 Å². The first-order valence-corrected chi connectivity index (χ1v) is 9.90. The third-order valence-electron chi connectivity index (χ3n) is 5.94. The van der Waals surface area contributed by atoms with Gasteiger partial charge in [-0.25, -0.2) is 4.68 Å². The lowest BCUT2D eigenvalue weighted by Gasteiger charge is -2.40. The van der Waals surface area contributed by atoms with E-state index >= 15 is 0 Å². The average molecular weight is 373 g/mol. The van der Waals surface area contributed by atoms with Gasteiger partial charge in [0, 0.05) is 19.1 Å². The van der Waals surface area contributed by atoms with Crippen molar-refractivity contribution >= 4 is 16.8 Å². The highest BCUT2D eigenvalue weighted by atomic mass is 16.5. The highest BCUT2D eigenvalue weighted by Crippen LogP contribution is 2.21. The van der Waals surface area contributed by atoms with Crippen LogP contribution in [0.5, 0.6) is 0 Å². The maximum Gasteiger partial charge on any atom is 0.297 e. The number of likely N-dealkylation sites (tertiary alicyclic amines) is 2. The summed E-state index contributed by atoms with van der Waals surface area (Å²) in [6, 6.07) is 0.590. The Bertz CT molecular complexity index is 889. The Kier molecular flexibility index (Phi) is 4.99. The Balaban J connectivity index is 1.42. The summed E-state index contributed by atoms with van der Waals surface area (Å²) in [5.41, 5.74) is 0.528. The number of carbonyl (C=O) groups excluding carboxylic acids is 1. The summed E-state index contributed by atoms with van der Waals surface area (Å²) in [6.45, 7) is 7.39. The van der Waals surface area contributed by atoms with E-state index in [2.05, 4.69) is 15.2 Å². The number of aryl methyl sites for hydroxylation is 2. The molecule has 4 rings (SSSR count). The van der Waals surface area contributed by atoms with Crippen LogP contribution in [0.4, 0.5) is 0 Å². The highest BCUT2D eigenvalue weighted by Gasteiger charge is 2.28. The van der Waals surface area contributed by atoms with Crippen molar-refractivity contribution in [2.75, 3.05) is 26.2 Å². The van der Waals surface area contributed by atoms with Crippen LogP contribution in [0.15, 0.2) is 9.32 Å². The number of aromatic nitrogens is 3. The molecule has 0 aliphatic carbocycles. The van der Waals surface area contributed by atoms with E-state index in [1.54, 1.807) is 13.8 Å². The van der Waals surface area contributed by atoms with Crippen molar-refractivity contribution in [2.45, 2.75) is 58.5 Å². The van der Waals surface area contributed by atoms with Gasteiger partial charge >= 0.3 is 0 Å². The molecule has 1 amide bonds. The number of carbonyl (C=O) groups is 1. The number of nitrogens with zero attached hydrogens (tertiary/aromatic N) is 5. The standard InChI is InChI=1S/C19H27N5O3/c1-13-17-14(2)27-21-18(17)19(26)24(20-13)12-16(25)23-10-6-15(7-11-23)22-8-4-3-5-9-22/h15H,3-12H2,1-2H3. The summed E-state index contributed by atoms with van der Waals surface area (Å²) in [5, 5.41) is 8.79. The van der Waals surface area contributed by atoms with E-state index in [0.29, 0.717) is 22.9 Å². The summed E-state index contributed by atoms with van der Waals surface area (Å²) in [7, 11) is 0. The van der Waals surface area contributed by atoms with E-state index in [9.17, 15) is 9.59 Å². The van der Waals surface area contributed by atoms with Gasteiger partial charge in [0.1, 0.15) is 12.3 Å². The van der Waals surface area contributed by atoms with Crippen molar-refractivity contribution in [3.8, 4) is 0 Å². The average Bonchev–Trinajstić information content (AvgIpc) is 3.09. The molecule has 0 atom stereocenters. The second-order valence-electron chi connectivity index (χ2n) is 7.72. The van der Waals surface area contributed by atoms with E-state index in [-0.39, 0.29) is 23.5 Å². The predicted octanol–water partition coefficient (Wildman–Crippen LogP) is 1.48. The summed E-state index contributed by atoms with van der Waals surface area (Å²) >= 11 is 0. The molecule has 0 bridgehead atoms. The second kappa shape index (κ2) is 7.42. The number of hydrogen-bond acceptors (Lipinski definition) is 6. The fourth-order valence-electron chi connectivity index (χ4n) is 4.44. The van der Waals surface area contributed by atoms with Crippen LogP contribution in [-0.4, -0.2) is 62.9 Å². The van der Waals surface area contributed by atoms with Crippen LogP contribution in [0.3, 0.4) is 0 Å². The Morgan fingerprint density at radius 3 is 2.52 bits per heavy atom. The van der Waals surface area contributed by atoms with Gasteiger partial charge in [0.2, 0.25) is 5.91 Å². The lowest BCUT2D eigenvalue weighted by molar-refractivity contribution is -0.133. The fourth-order valence-corrected chi connectivity index (χ4v) is 4.44. The summed E-state index contributed by atoms with van der Waals surface area (Å²) in [4.78, 5) is 29.7. The Morgan fingerprint density at radius 1 is 1.11 bits per heavy atom. The van der Waals surface area contributed by atoms with Crippen LogP contribution >= 0.6 is 0 Å². The first kappa shape index (κ1) is 18.2. The molecule has 2 aliphatic rings. The minimum atomic E-state index is -0.371. The van der Waals surface area contributed by atoms with Gasteiger partial charge in [-0.2, -0.15) is 5.10 Å². The van der Waals surface area contributed by atoms with Crippen LogP contribution in [0.1, 0.15) is 43.6 Å². The molecule has 0 saturated carbocycles. The van der Waals surface area contributed by atoms with E-state index in [0.717, 1.165) is 25.9 Å². The van der Waals surface area contributed by atoms with Gasteiger partial charge in [-0.05, 0) is 52.6 Å². The number of rotatable bonds is 3. The van der Waals surface area contributed by atoms with Crippen LogP contribution < -0.4 is 5.56 Å². The molecule has 2 aliphatic heterocycles. The van der Waals surface area contributed by atoms with Crippen LogP contribution in [0.25, 0.3) is 10.9 Å². The Morgan fingerprint density at radius 2 is 1.81 bits per heavy atom. The predicted molar refractivity (Wildman–Crippen MR) is 101 cm³/mol. The summed E-state index contributed by atoms with van der Waals surface area (Å²) in [6.07, 6.45) is 5.93. The smallest absolute Gasteiger partial charge is 0.297 e. The summed E-state index contributed by atoms with van der Waals surface area (Å²) in [5.74, 6) is 0.519. The van der Waals surface area contributed by atoms with Gasteiger partial charge < -0.3 is 14.3 Å². The molecule has 2 aromatic rings. The van der Waals surface area contributed by atoms with Crippen molar-refractivity contribution < 1.29 is 9.32 Å². The number of fused-ring (bicyclic) bond motifs is 1. The molecular formula is C19H27N5O3. The van der Waals surface area contributed by atoms with Gasteiger partial charge in [0.25, 0.3) is 5.56 Å². The molecule has 0 unspecified atom stereocenters. The normalized spacial score (nSPS) is 19.7. The third-order valence-corrected chi connectivity index (χ3v) is 5.94. The molecule has 0 radical (unpaired) electrons. The first-order valence-electron chi connectivity index (χ1n) is 9.90. The molecule has 0 aromatic carbocycles. The van der Waals surface area contributed by atoms with Crippen molar-refractivity contribution in [1.82, 2.24) is 24.7 Å². The molecule has 2 fully saturated rings. The van der Waals surface area contributed by atoms with Gasteiger partial charge in [0.15, 0.2) is 5.52 Å². The Labute approximate surface area is 158 Å². The molecule has 4 heterocycles. The van der Waals surface area contributed by atoms with Gasteiger partial charge in [-0.1, -0.05) is 11.6 Å². The Hall–Kier alpha value is -2.22. The molecule has 27 heavy (non-hydrogen) atoms. The lowest BCUT2D eigenvalue weighted by atomic mass is 10.00. The van der Waals surface area contributed by atoms with Crippen molar-refractivity contribution in [3.05, 3.63) is 21.8 Å². The zero-order valence-corrected chi connectivity index (χ0v) is 16.1. The van der Waals surface area contributed by atoms with Gasteiger partial charge in [-0.15, -0.1) is 0 Å². The minimum absolute atomic E-state index is 0.0457. The maximum atomic E-state index is 12.7. The molecule has 146 valence electrons. The first-order chi connectivity index (χ1) is 13.0. The molecule has 2 aromatic heterocycles. The van der Waals surface area contributed by atoms with Crippen LogP contribution in [0, 0.1) is 13.8 Å². The zero-order valence-electron chi connectivity index (χ0n) is 16.1. The van der Waals surface area contributed by atoms with E-state index in [1.165, 1.54) is 37.0 Å². The molecule has 2 saturated heterocycles. The molecular weight excluding hydrogens is 346 g/mol.